The van der Waals surface area contributed by atoms with Crippen LogP contribution in [0.15, 0.2) is 53.3 Å². The van der Waals surface area contributed by atoms with Gasteiger partial charge in [-0.25, -0.2) is 4.98 Å². The molecule has 1 saturated carbocycles. The van der Waals surface area contributed by atoms with Crippen molar-refractivity contribution in [2.75, 3.05) is 5.32 Å². The van der Waals surface area contributed by atoms with Gasteiger partial charge in [-0.3, -0.25) is 14.4 Å². The van der Waals surface area contributed by atoms with Crippen LogP contribution in [0.5, 0.6) is 0 Å². The van der Waals surface area contributed by atoms with Crippen molar-refractivity contribution in [3.63, 3.8) is 0 Å². The third-order valence-corrected chi connectivity index (χ3v) is 5.21. The highest BCUT2D eigenvalue weighted by Gasteiger charge is 2.29. The Morgan fingerprint density at radius 2 is 1.83 bits per heavy atom. The first kappa shape index (κ1) is 19.8. The maximum atomic E-state index is 13.1. The van der Waals surface area contributed by atoms with Gasteiger partial charge >= 0.3 is 0 Å². The van der Waals surface area contributed by atoms with Crippen molar-refractivity contribution in [3.8, 4) is 0 Å². The Bertz CT molecular complexity index is 1150. The predicted octanol–water partition coefficient (Wildman–Crippen LogP) is 3.32. The zero-order valence-corrected chi connectivity index (χ0v) is 17.0. The zero-order valence-electron chi connectivity index (χ0n) is 17.0. The molecular formula is C23H24N4O3. The fourth-order valence-corrected chi connectivity index (χ4v) is 3.31. The normalized spacial score (nSPS) is 13.4. The molecule has 154 valence electrons. The van der Waals surface area contributed by atoms with Gasteiger partial charge in [-0.2, -0.15) is 0 Å². The van der Waals surface area contributed by atoms with Gasteiger partial charge in [0.25, 0.3) is 11.5 Å². The van der Waals surface area contributed by atoms with Crippen LogP contribution in [0.3, 0.4) is 0 Å². The highest BCUT2D eigenvalue weighted by molar-refractivity contribution is 5.97. The summed E-state index contributed by atoms with van der Waals surface area (Å²) in [6, 6.07) is 13.9. The molecule has 2 aromatic carbocycles. The molecular weight excluding hydrogens is 380 g/mol. The minimum Gasteiger partial charge on any atom is -0.329 e. The van der Waals surface area contributed by atoms with Gasteiger partial charge < -0.3 is 15.2 Å². The molecule has 0 unspecified atom stereocenters. The number of hydrogen-bond acceptors (Lipinski definition) is 4. The van der Waals surface area contributed by atoms with Crippen LogP contribution in [0.4, 0.5) is 5.69 Å². The molecule has 1 heterocycles. The molecule has 7 heteroatoms. The van der Waals surface area contributed by atoms with E-state index < -0.39 is 0 Å². The Morgan fingerprint density at radius 1 is 1.13 bits per heavy atom. The lowest BCUT2D eigenvalue weighted by molar-refractivity contribution is -0.117. The standard InChI is InChI=1S/C23H24N4O3/c1-14(2)27(13-20-25-19-6-4-3-5-18(19)22(29)26-20)23(30)16-9-11-17(12-10-16)24-21(28)15-7-8-15/h3-6,9-12,14-15H,7-8,13H2,1-2H3,(H,24,28)(H,25,26,29). The third kappa shape index (κ3) is 4.25. The Morgan fingerprint density at radius 3 is 2.50 bits per heavy atom. The molecule has 1 aliphatic carbocycles. The first-order valence-corrected chi connectivity index (χ1v) is 10.1. The summed E-state index contributed by atoms with van der Waals surface area (Å²) in [4.78, 5) is 46.3. The van der Waals surface area contributed by atoms with E-state index >= 15 is 0 Å². The van der Waals surface area contributed by atoms with Gasteiger partial charge in [0.15, 0.2) is 0 Å². The molecule has 1 aliphatic rings. The SMILES string of the molecule is CC(C)N(Cc1nc2ccccc2c(=O)[nH]1)C(=O)c1ccc(NC(=O)C2CC2)cc1. The molecule has 3 aromatic rings. The molecule has 0 atom stereocenters. The lowest BCUT2D eigenvalue weighted by Gasteiger charge is -2.26. The van der Waals surface area contributed by atoms with Crippen LogP contribution in [-0.4, -0.2) is 32.7 Å². The van der Waals surface area contributed by atoms with E-state index in [0.717, 1.165) is 12.8 Å². The molecule has 0 radical (unpaired) electrons. The molecule has 4 rings (SSSR count). The number of fused-ring (bicyclic) bond motifs is 1. The maximum absolute atomic E-state index is 13.1. The number of nitrogens with one attached hydrogen (secondary N) is 2. The first-order chi connectivity index (χ1) is 14.4. The number of rotatable bonds is 6. The van der Waals surface area contributed by atoms with E-state index in [1.54, 1.807) is 47.4 Å². The average molecular weight is 404 g/mol. The topological polar surface area (TPSA) is 95.2 Å². The van der Waals surface area contributed by atoms with Crippen LogP contribution >= 0.6 is 0 Å². The van der Waals surface area contributed by atoms with Crippen LogP contribution in [0, 0.1) is 5.92 Å². The molecule has 7 nitrogen and oxygen atoms in total. The Kier molecular flexibility index (Phi) is 5.35. The van der Waals surface area contributed by atoms with Crippen LogP contribution < -0.4 is 10.9 Å². The summed E-state index contributed by atoms with van der Waals surface area (Å²) in [5, 5.41) is 3.39. The number of benzene rings is 2. The maximum Gasteiger partial charge on any atom is 0.258 e. The molecule has 2 amide bonds. The number of carbonyl (C=O) groups excluding carboxylic acids is 2. The van der Waals surface area contributed by atoms with Gasteiger partial charge in [0.05, 0.1) is 17.4 Å². The van der Waals surface area contributed by atoms with Crippen LogP contribution in [-0.2, 0) is 11.3 Å². The van der Waals surface area contributed by atoms with Crippen LogP contribution in [0.2, 0.25) is 0 Å². The van der Waals surface area contributed by atoms with Gasteiger partial charge in [-0.15, -0.1) is 0 Å². The largest absolute Gasteiger partial charge is 0.329 e. The summed E-state index contributed by atoms with van der Waals surface area (Å²) in [5.41, 5.74) is 1.57. The van der Waals surface area contributed by atoms with E-state index in [2.05, 4.69) is 15.3 Å². The smallest absolute Gasteiger partial charge is 0.258 e. The second-order valence-electron chi connectivity index (χ2n) is 7.90. The van der Waals surface area contributed by atoms with Gasteiger partial charge in [0.1, 0.15) is 5.82 Å². The number of hydrogen-bond donors (Lipinski definition) is 2. The summed E-state index contributed by atoms with van der Waals surface area (Å²) in [7, 11) is 0. The summed E-state index contributed by atoms with van der Waals surface area (Å²) in [6.07, 6.45) is 1.88. The van der Waals surface area contributed by atoms with Gasteiger partial charge in [-0.1, -0.05) is 12.1 Å². The number of para-hydroxylation sites is 1. The van der Waals surface area contributed by atoms with Crippen LogP contribution in [0.25, 0.3) is 10.9 Å². The second-order valence-corrected chi connectivity index (χ2v) is 7.90. The highest BCUT2D eigenvalue weighted by atomic mass is 16.2. The summed E-state index contributed by atoms with van der Waals surface area (Å²) in [5.74, 6) is 0.429. The summed E-state index contributed by atoms with van der Waals surface area (Å²) in [6.45, 7) is 4.03. The van der Waals surface area contributed by atoms with E-state index in [1.165, 1.54) is 0 Å². The number of anilines is 1. The van der Waals surface area contributed by atoms with Crippen LogP contribution in [0.1, 0.15) is 42.9 Å². The Balaban J connectivity index is 1.53. The number of amides is 2. The predicted molar refractivity (Wildman–Crippen MR) is 115 cm³/mol. The van der Waals surface area contributed by atoms with Crippen molar-refractivity contribution in [1.29, 1.82) is 0 Å². The van der Waals surface area contributed by atoms with Crippen molar-refractivity contribution in [1.82, 2.24) is 14.9 Å². The molecule has 30 heavy (non-hydrogen) atoms. The molecule has 2 N–H and O–H groups in total. The number of aromatic amines is 1. The third-order valence-electron chi connectivity index (χ3n) is 5.21. The van der Waals surface area contributed by atoms with Crippen molar-refractivity contribution < 1.29 is 9.59 Å². The monoisotopic (exact) mass is 404 g/mol. The molecule has 0 bridgehead atoms. The molecule has 1 aromatic heterocycles. The quantitative estimate of drug-likeness (QED) is 0.659. The molecule has 0 aliphatic heterocycles. The van der Waals surface area contributed by atoms with Gasteiger partial charge in [0, 0.05) is 23.2 Å². The fourth-order valence-electron chi connectivity index (χ4n) is 3.31. The molecule has 1 fully saturated rings. The summed E-state index contributed by atoms with van der Waals surface area (Å²) >= 11 is 0. The highest BCUT2D eigenvalue weighted by Crippen LogP contribution is 2.30. The number of aromatic nitrogens is 2. The van der Waals surface area contributed by atoms with Crippen molar-refractivity contribution in [2.24, 2.45) is 5.92 Å². The lowest BCUT2D eigenvalue weighted by Crippen LogP contribution is -2.37. The van der Waals surface area contributed by atoms with E-state index in [4.69, 9.17) is 0 Å². The minimum atomic E-state index is -0.220. The molecule has 0 spiro atoms. The van der Waals surface area contributed by atoms with E-state index in [-0.39, 0.29) is 35.9 Å². The van der Waals surface area contributed by atoms with Gasteiger partial charge in [-0.05, 0) is 63.1 Å². The van der Waals surface area contributed by atoms with E-state index in [9.17, 15) is 14.4 Å². The number of H-pyrrole nitrogens is 1. The van der Waals surface area contributed by atoms with Gasteiger partial charge in [0.2, 0.25) is 5.91 Å². The minimum absolute atomic E-state index is 0.0317. The number of nitrogens with zero attached hydrogens (tertiary/aromatic N) is 2. The van der Waals surface area contributed by atoms with E-state index in [1.807, 2.05) is 19.9 Å². The number of carbonyl (C=O) groups is 2. The van der Waals surface area contributed by atoms with E-state index in [0.29, 0.717) is 28.0 Å². The lowest BCUT2D eigenvalue weighted by atomic mass is 10.1. The summed E-state index contributed by atoms with van der Waals surface area (Å²) < 4.78 is 0. The van der Waals surface area contributed by atoms with Crippen molar-refractivity contribution >= 4 is 28.4 Å². The second kappa shape index (κ2) is 8.10. The van der Waals surface area contributed by atoms with Crippen molar-refractivity contribution in [3.05, 3.63) is 70.3 Å². The average Bonchev–Trinajstić information content (AvgIpc) is 3.57. The van der Waals surface area contributed by atoms with Crippen molar-refractivity contribution in [2.45, 2.75) is 39.3 Å². The zero-order chi connectivity index (χ0) is 21.3. The fraction of sp³-hybridized carbons (Fsp3) is 0.304. The molecule has 0 saturated heterocycles. The Labute approximate surface area is 174 Å². The Hall–Kier alpha value is -3.48. The first-order valence-electron chi connectivity index (χ1n) is 10.1.